The zero-order chi connectivity index (χ0) is 30.0. The maximum atomic E-state index is 13.2. The van der Waals surface area contributed by atoms with Crippen LogP contribution in [0.15, 0.2) is 71.3 Å². The maximum Gasteiger partial charge on any atom is 0.416 e. The molecule has 7 nitrogen and oxygen atoms in total. The second-order valence-corrected chi connectivity index (χ2v) is 11.4. The number of piperidine rings is 2. The van der Waals surface area contributed by atoms with E-state index in [4.69, 9.17) is 9.15 Å². The molecular formula is C33H35F3N4O3. The first-order valence-electron chi connectivity index (χ1n) is 14.8. The maximum absolute atomic E-state index is 13.2. The molecule has 0 bridgehead atoms. The molecule has 0 radical (unpaired) electrons. The Morgan fingerprint density at radius 2 is 1.74 bits per heavy atom. The Balaban J connectivity index is 1.02. The van der Waals surface area contributed by atoms with Crippen molar-refractivity contribution in [2.24, 2.45) is 0 Å². The van der Waals surface area contributed by atoms with E-state index in [9.17, 15) is 18.0 Å². The van der Waals surface area contributed by atoms with Gasteiger partial charge in [-0.25, -0.2) is 0 Å². The number of nitrogens with zero attached hydrogens (tertiary/aromatic N) is 3. The van der Waals surface area contributed by atoms with Crippen LogP contribution in [0.3, 0.4) is 0 Å². The molecule has 0 atom stereocenters. The van der Waals surface area contributed by atoms with Gasteiger partial charge in [-0.1, -0.05) is 6.07 Å². The van der Waals surface area contributed by atoms with Gasteiger partial charge in [0.1, 0.15) is 17.4 Å². The minimum Gasteiger partial charge on any atom is -0.490 e. The van der Waals surface area contributed by atoms with E-state index in [0.717, 1.165) is 79.8 Å². The van der Waals surface area contributed by atoms with E-state index in [1.165, 1.54) is 12.1 Å². The number of hydrogen-bond donors (Lipinski definition) is 1. The van der Waals surface area contributed by atoms with Gasteiger partial charge in [0.25, 0.3) is 5.91 Å². The van der Waals surface area contributed by atoms with Crippen molar-refractivity contribution < 1.29 is 27.1 Å². The quantitative estimate of drug-likeness (QED) is 0.261. The second-order valence-electron chi connectivity index (χ2n) is 11.4. The number of amides is 1. The van der Waals surface area contributed by atoms with Crippen molar-refractivity contribution in [3.8, 4) is 5.75 Å². The molecule has 0 aliphatic carbocycles. The molecule has 43 heavy (non-hydrogen) atoms. The Bertz CT molecular complexity index is 1540. The standard InChI is InChI=1S/C33H35F3N4O3/c1-22-29-10-9-28(42-27-13-18-40(19-14-27)26-7-5-23(6-8-26)33(34,35)36)20-30(29)43-31(22)32(41)38-24-11-16-39(17-12-24)21-25-4-2-3-15-37-25/h2-10,15,20,24,27H,11-14,16-19,21H2,1H3,(H,38,41). The van der Waals surface area contributed by atoms with Gasteiger partial charge in [0.05, 0.1) is 11.3 Å². The Hall–Kier alpha value is -4.05. The van der Waals surface area contributed by atoms with E-state index in [0.29, 0.717) is 30.2 Å². The number of ether oxygens (including phenoxy) is 1. The number of fused-ring (bicyclic) bond motifs is 1. The molecular weight excluding hydrogens is 557 g/mol. The van der Waals surface area contributed by atoms with Gasteiger partial charge in [-0.2, -0.15) is 13.2 Å². The van der Waals surface area contributed by atoms with E-state index in [1.807, 2.05) is 49.5 Å². The zero-order valence-corrected chi connectivity index (χ0v) is 24.1. The van der Waals surface area contributed by atoms with Crippen LogP contribution < -0.4 is 15.0 Å². The largest absolute Gasteiger partial charge is 0.490 e. The van der Waals surface area contributed by atoms with Crippen LogP contribution in [-0.2, 0) is 12.7 Å². The molecule has 1 amide bonds. The fraction of sp³-hybridized carbons (Fsp3) is 0.394. The van der Waals surface area contributed by atoms with E-state index >= 15 is 0 Å². The minimum absolute atomic E-state index is 0.0227. The topological polar surface area (TPSA) is 70.8 Å². The summed E-state index contributed by atoms with van der Waals surface area (Å²) in [5, 5.41) is 4.04. The monoisotopic (exact) mass is 592 g/mol. The molecule has 226 valence electrons. The van der Waals surface area contributed by atoms with Gasteiger partial charge in [-0.15, -0.1) is 0 Å². The molecule has 2 aliphatic rings. The molecule has 1 N–H and O–H groups in total. The van der Waals surface area contributed by atoms with E-state index in [2.05, 4.69) is 20.1 Å². The Kier molecular flexibility index (Phi) is 8.30. The van der Waals surface area contributed by atoms with Crippen molar-refractivity contribution in [1.82, 2.24) is 15.2 Å². The van der Waals surface area contributed by atoms with Gasteiger partial charge in [0.2, 0.25) is 0 Å². The van der Waals surface area contributed by atoms with Crippen LogP contribution >= 0.6 is 0 Å². The first-order chi connectivity index (χ1) is 20.7. The lowest BCUT2D eigenvalue weighted by molar-refractivity contribution is -0.137. The van der Waals surface area contributed by atoms with Crippen molar-refractivity contribution in [2.75, 3.05) is 31.1 Å². The normalized spacial score (nSPS) is 17.3. The lowest BCUT2D eigenvalue weighted by Gasteiger charge is -2.33. The smallest absolute Gasteiger partial charge is 0.416 e. The molecule has 10 heteroatoms. The molecule has 2 aliphatic heterocycles. The number of aromatic nitrogens is 1. The Labute approximate surface area is 248 Å². The van der Waals surface area contributed by atoms with Gasteiger partial charge in [-0.05, 0) is 68.3 Å². The summed E-state index contributed by atoms with van der Waals surface area (Å²) >= 11 is 0. The van der Waals surface area contributed by atoms with Gasteiger partial charge < -0.3 is 19.4 Å². The molecule has 6 rings (SSSR count). The highest BCUT2D eigenvalue weighted by Gasteiger charge is 2.31. The van der Waals surface area contributed by atoms with Crippen LogP contribution in [0.4, 0.5) is 18.9 Å². The van der Waals surface area contributed by atoms with Gasteiger partial charge in [-0.3, -0.25) is 14.7 Å². The molecule has 2 aromatic heterocycles. The van der Waals surface area contributed by atoms with Crippen LogP contribution in [-0.4, -0.2) is 54.1 Å². The summed E-state index contributed by atoms with van der Waals surface area (Å²) in [6.45, 7) is 5.87. The number of carbonyl (C=O) groups excluding carboxylic acids is 1. The number of carbonyl (C=O) groups is 1. The fourth-order valence-electron chi connectivity index (χ4n) is 5.99. The number of halogens is 3. The summed E-state index contributed by atoms with van der Waals surface area (Å²) in [6, 6.07) is 17.0. The second kappa shape index (κ2) is 12.3. The third-order valence-corrected chi connectivity index (χ3v) is 8.45. The average Bonchev–Trinajstić information content (AvgIpc) is 3.34. The van der Waals surface area contributed by atoms with E-state index < -0.39 is 11.7 Å². The number of nitrogens with one attached hydrogen (secondary N) is 1. The predicted octanol–water partition coefficient (Wildman–Crippen LogP) is 6.60. The fourth-order valence-corrected chi connectivity index (χ4v) is 5.99. The summed E-state index contributed by atoms with van der Waals surface area (Å²) in [5.41, 5.74) is 2.59. The van der Waals surface area contributed by atoms with Crippen molar-refractivity contribution in [2.45, 2.75) is 57.5 Å². The predicted molar refractivity (Wildman–Crippen MR) is 158 cm³/mol. The minimum atomic E-state index is -4.34. The van der Waals surface area contributed by atoms with Gasteiger partial charge >= 0.3 is 6.18 Å². The van der Waals surface area contributed by atoms with Crippen LogP contribution in [0.25, 0.3) is 11.0 Å². The third kappa shape index (κ3) is 6.80. The number of pyridine rings is 1. The highest BCUT2D eigenvalue weighted by Crippen LogP contribution is 2.33. The van der Waals surface area contributed by atoms with E-state index in [-0.39, 0.29) is 18.1 Å². The number of furan rings is 1. The molecule has 2 saturated heterocycles. The molecule has 2 fully saturated rings. The number of anilines is 1. The zero-order valence-electron chi connectivity index (χ0n) is 24.1. The average molecular weight is 593 g/mol. The summed E-state index contributed by atoms with van der Waals surface area (Å²) in [7, 11) is 0. The molecule has 4 heterocycles. The van der Waals surface area contributed by atoms with Crippen molar-refractivity contribution in [1.29, 1.82) is 0 Å². The SMILES string of the molecule is Cc1c(C(=O)NC2CCN(Cc3ccccn3)CC2)oc2cc(OC3CCN(c4ccc(C(F)(F)F)cc4)CC3)ccc12. The van der Waals surface area contributed by atoms with Crippen LogP contribution in [0.5, 0.6) is 5.75 Å². The number of rotatable bonds is 7. The summed E-state index contributed by atoms with van der Waals surface area (Å²) in [5.74, 6) is 0.796. The molecule has 0 spiro atoms. The van der Waals surface area contributed by atoms with Crippen molar-refractivity contribution >= 4 is 22.6 Å². The Morgan fingerprint density at radius 3 is 2.42 bits per heavy atom. The van der Waals surface area contributed by atoms with Gasteiger partial charge in [0.15, 0.2) is 5.76 Å². The lowest BCUT2D eigenvalue weighted by Crippen LogP contribution is -2.44. The van der Waals surface area contributed by atoms with Crippen molar-refractivity contribution in [3.05, 3.63) is 89.4 Å². The molecule has 2 aromatic carbocycles. The summed E-state index contributed by atoms with van der Waals surface area (Å²) in [6.07, 6.45) is 0.670. The van der Waals surface area contributed by atoms with E-state index in [1.54, 1.807) is 0 Å². The number of benzene rings is 2. The molecule has 4 aromatic rings. The van der Waals surface area contributed by atoms with Crippen LogP contribution in [0, 0.1) is 6.92 Å². The number of hydrogen-bond acceptors (Lipinski definition) is 6. The summed E-state index contributed by atoms with van der Waals surface area (Å²) in [4.78, 5) is 22.0. The highest BCUT2D eigenvalue weighted by molar-refractivity contribution is 5.99. The first-order valence-corrected chi connectivity index (χ1v) is 14.8. The number of likely N-dealkylation sites (tertiary alicyclic amines) is 1. The first kappa shape index (κ1) is 29.0. The van der Waals surface area contributed by atoms with Gasteiger partial charge in [0, 0.05) is 80.5 Å². The van der Waals surface area contributed by atoms with Crippen LogP contribution in [0.1, 0.15) is 53.1 Å². The third-order valence-electron chi connectivity index (χ3n) is 8.45. The lowest BCUT2D eigenvalue weighted by atomic mass is 10.0. The number of aryl methyl sites for hydroxylation is 1. The van der Waals surface area contributed by atoms with Crippen molar-refractivity contribution in [3.63, 3.8) is 0 Å². The highest BCUT2D eigenvalue weighted by atomic mass is 19.4. The number of alkyl halides is 3. The summed E-state index contributed by atoms with van der Waals surface area (Å²) < 4.78 is 50.9. The van der Waals surface area contributed by atoms with Crippen LogP contribution in [0.2, 0.25) is 0 Å². The molecule has 0 unspecified atom stereocenters. The Morgan fingerprint density at radius 1 is 1.00 bits per heavy atom. The molecule has 0 saturated carbocycles.